The molecule has 0 aliphatic carbocycles. The second-order valence-corrected chi connectivity index (χ2v) is 5.57. The smallest absolute Gasteiger partial charge is 0.271 e. The maximum absolute atomic E-state index is 5.16. The first kappa shape index (κ1) is 18.9. The number of hydrogen-bond donors (Lipinski definition) is 2. The molecule has 0 bridgehead atoms. The summed E-state index contributed by atoms with van der Waals surface area (Å²) >= 11 is 4.79. The molecule has 3 N–H and O–H groups in total. The van der Waals surface area contributed by atoms with Gasteiger partial charge in [-0.05, 0) is 71.7 Å². The standard InChI is InChI=1S/C16H28N2OS/c1-13(2)7-5-8-14(3)9-6-10-15(4)11-12-19-16(20)18-17/h7,9,11H,5-6,8,10,12,17H2,1-4H3,(H,18,20)/b14-9+,15-11+. The molecule has 0 atom stereocenters. The third-order valence-electron chi connectivity index (χ3n) is 2.89. The van der Waals surface area contributed by atoms with Crippen molar-refractivity contribution in [2.45, 2.75) is 53.4 Å². The number of allylic oxidation sites excluding steroid dienone is 5. The van der Waals surface area contributed by atoms with Crippen molar-refractivity contribution in [3.05, 3.63) is 34.9 Å². The maximum atomic E-state index is 5.16. The van der Waals surface area contributed by atoms with E-state index in [9.17, 15) is 0 Å². The lowest BCUT2D eigenvalue weighted by Crippen LogP contribution is -2.30. The van der Waals surface area contributed by atoms with Gasteiger partial charge in [-0.2, -0.15) is 0 Å². The lowest BCUT2D eigenvalue weighted by molar-refractivity contribution is 0.342. The average Bonchev–Trinajstić information content (AvgIpc) is 2.38. The lowest BCUT2D eigenvalue weighted by atomic mass is 10.1. The summed E-state index contributed by atoms with van der Waals surface area (Å²) in [5, 5.41) is 0.226. The van der Waals surface area contributed by atoms with Crippen molar-refractivity contribution in [2.24, 2.45) is 5.84 Å². The molecule has 0 saturated heterocycles. The molecule has 114 valence electrons. The van der Waals surface area contributed by atoms with Crippen molar-refractivity contribution in [1.29, 1.82) is 0 Å². The van der Waals surface area contributed by atoms with Crippen molar-refractivity contribution in [1.82, 2.24) is 5.43 Å². The summed E-state index contributed by atoms with van der Waals surface area (Å²) in [6.07, 6.45) is 11.0. The molecule has 0 aliphatic rings. The van der Waals surface area contributed by atoms with Gasteiger partial charge in [-0.15, -0.1) is 0 Å². The van der Waals surface area contributed by atoms with Crippen LogP contribution in [-0.2, 0) is 4.74 Å². The molecule has 0 unspecified atom stereocenters. The van der Waals surface area contributed by atoms with Gasteiger partial charge in [-0.1, -0.05) is 28.9 Å². The predicted octanol–water partition coefficient (Wildman–Crippen LogP) is 4.17. The molecule has 4 heteroatoms. The summed E-state index contributed by atoms with van der Waals surface area (Å²) in [7, 11) is 0. The quantitative estimate of drug-likeness (QED) is 0.305. The summed E-state index contributed by atoms with van der Waals surface area (Å²) in [5.41, 5.74) is 6.44. The Balaban J connectivity index is 3.88. The van der Waals surface area contributed by atoms with Crippen molar-refractivity contribution >= 4 is 17.4 Å². The SMILES string of the molecule is CC(C)=CCC/C(C)=C/CC/C(C)=C/COC(=S)NN. The molecule has 0 rings (SSSR count). The van der Waals surface area contributed by atoms with Crippen molar-refractivity contribution in [3.8, 4) is 0 Å². The van der Waals surface area contributed by atoms with Gasteiger partial charge in [-0.25, -0.2) is 5.84 Å². The Bertz CT molecular complexity index is 380. The molecule has 0 aliphatic heterocycles. The molecular formula is C16H28N2OS. The molecule has 0 fully saturated rings. The van der Waals surface area contributed by atoms with Gasteiger partial charge in [0, 0.05) is 0 Å². The van der Waals surface area contributed by atoms with Gasteiger partial charge in [0.2, 0.25) is 0 Å². The van der Waals surface area contributed by atoms with Crippen LogP contribution in [0.15, 0.2) is 34.9 Å². The van der Waals surface area contributed by atoms with Crippen LogP contribution in [0.25, 0.3) is 0 Å². The molecule has 0 amide bonds. The zero-order valence-electron chi connectivity index (χ0n) is 13.2. The van der Waals surface area contributed by atoms with E-state index in [4.69, 9.17) is 22.8 Å². The molecule has 0 aromatic carbocycles. The Labute approximate surface area is 128 Å². The minimum absolute atomic E-state index is 0.226. The van der Waals surface area contributed by atoms with E-state index < -0.39 is 0 Å². The Morgan fingerprint density at radius 1 is 1.00 bits per heavy atom. The van der Waals surface area contributed by atoms with Crippen LogP contribution in [0.3, 0.4) is 0 Å². The molecule has 0 saturated carbocycles. The average molecular weight is 296 g/mol. The van der Waals surface area contributed by atoms with Crippen LogP contribution < -0.4 is 11.3 Å². The minimum Gasteiger partial charge on any atom is -0.466 e. The van der Waals surface area contributed by atoms with Crippen LogP contribution >= 0.6 is 12.2 Å². The van der Waals surface area contributed by atoms with Gasteiger partial charge in [-0.3, -0.25) is 5.43 Å². The molecule has 0 aromatic heterocycles. The molecule has 0 radical (unpaired) electrons. The molecule has 20 heavy (non-hydrogen) atoms. The summed E-state index contributed by atoms with van der Waals surface area (Å²) in [6.45, 7) is 9.06. The third kappa shape index (κ3) is 11.9. The van der Waals surface area contributed by atoms with Gasteiger partial charge in [0.05, 0.1) is 0 Å². The van der Waals surface area contributed by atoms with E-state index in [1.54, 1.807) is 0 Å². The lowest BCUT2D eigenvalue weighted by Gasteiger charge is -2.04. The number of hydrogen-bond acceptors (Lipinski definition) is 3. The Hall–Kier alpha value is -1.13. The number of thiocarbonyl (C=S) groups is 1. The first-order chi connectivity index (χ1) is 9.45. The van der Waals surface area contributed by atoms with Crippen molar-refractivity contribution in [3.63, 3.8) is 0 Å². The number of rotatable bonds is 8. The fraction of sp³-hybridized carbons (Fsp3) is 0.562. The van der Waals surface area contributed by atoms with Crippen molar-refractivity contribution < 1.29 is 4.74 Å². The van der Waals surface area contributed by atoms with Crippen LogP contribution in [0.2, 0.25) is 0 Å². The van der Waals surface area contributed by atoms with E-state index in [1.807, 2.05) is 6.08 Å². The Kier molecular flexibility index (Phi) is 11.0. The summed E-state index contributed by atoms with van der Waals surface area (Å²) in [4.78, 5) is 0. The Morgan fingerprint density at radius 3 is 2.10 bits per heavy atom. The van der Waals surface area contributed by atoms with Crippen LogP contribution in [0.4, 0.5) is 0 Å². The maximum Gasteiger partial charge on any atom is 0.271 e. The van der Waals surface area contributed by atoms with Gasteiger partial charge >= 0.3 is 0 Å². The van der Waals surface area contributed by atoms with Crippen molar-refractivity contribution in [2.75, 3.05) is 6.61 Å². The largest absolute Gasteiger partial charge is 0.466 e. The van der Waals surface area contributed by atoms with Gasteiger partial charge < -0.3 is 4.74 Å². The molecule has 3 nitrogen and oxygen atoms in total. The van der Waals surface area contributed by atoms with E-state index in [0.29, 0.717) is 6.61 Å². The van der Waals surface area contributed by atoms with E-state index >= 15 is 0 Å². The first-order valence-electron chi connectivity index (χ1n) is 7.03. The van der Waals surface area contributed by atoms with Crippen LogP contribution in [-0.4, -0.2) is 11.8 Å². The highest BCUT2D eigenvalue weighted by molar-refractivity contribution is 7.80. The van der Waals surface area contributed by atoms with Crippen LogP contribution in [0.1, 0.15) is 53.4 Å². The van der Waals surface area contributed by atoms with E-state index in [0.717, 1.165) is 25.7 Å². The summed E-state index contributed by atoms with van der Waals surface area (Å²) in [6, 6.07) is 0. The number of nitrogens with one attached hydrogen (secondary N) is 1. The zero-order chi connectivity index (χ0) is 15.4. The topological polar surface area (TPSA) is 47.3 Å². The predicted molar refractivity (Wildman–Crippen MR) is 91.3 cm³/mol. The molecular weight excluding hydrogens is 268 g/mol. The second-order valence-electron chi connectivity index (χ2n) is 5.20. The second kappa shape index (κ2) is 11.7. The van der Waals surface area contributed by atoms with Crippen LogP contribution in [0, 0.1) is 0 Å². The van der Waals surface area contributed by atoms with Gasteiger partial charge in [0.1, 0.15) is 6.61 Å². The summed E-state index contributed by atoms with van der Waals surface area (Å²) < 4.78 is 5.16. The fourth-order valence-electron chi connectivity index (χ4n) is 1.64. The molecule has 0 aromatic rings. The Morgan fingerprint density at radius 2 is 1.55 bits per heavy atom. The van der Waals surface area contributed by atoms with E-state index in [-0.39, 0.29) is 5.17 Å². The number of nitrogens with two attached hydrogens (primary N) is 1. The monoisotopic (exact) mass is 296 g/mol. The highest BCUT2D eigenvalue weighted by Crippen LogP contribution is 2.11. The first-order valence-corrected chi connectivity index (χ1v) is 7.44. The van der Waals surface area contributed by atoms with Crippen LogP contribution in [0.5, 0.6) is 0 Å². The fourth-order valence-corrected chi connectivity index (χ4v) is 1.71. The molecule has 0 spiro atoms. The third-order valence-corrected chi connectivity index (χ3v) is 3.12. The minimum atomic E-state index is 0.226. The molecule has 0 heterocycles. The summed E-state index contributed by atoms with van der Waals surface area (Å²) in [5.74, 6) is 5.11. The van der Waals surface area contributed by atoms with E-state index in [1.165, 1.54) is 16.7 Å². The zero-order valence-corrected chi connectivity index (χ0v) is 14.0. The number of hydrazine groups is 1. The number of ether oxygens (including phenoxy) is 1. The highest BCUT2D eigenvalue weighted by Gasteiger charge is 1.93. The van der Waals surface area contributed by atoms with Gasteiger partial charge in [0.25, 0.3) is 5.17 Å². The van der Waals surface area contributed by atoms with E-state index in [2.05, 4.69) is 45.3 Å². The normalized spacial score (nSPS) is 12.1. The van der Waals surface area contributed by atoms with Gasteiger partial charge in [0.15, 0.2) is 0 Å². The highest BCUT2D eigenvalue weighted by atomic mass is 32.1.